The van der Waals surface area contributed by atoms with E-state index in [1.54, 1.807) is 12.1 Å². The summed E-state index contributed by atoms with van der Waals surface area (Å²) >= 11 is 6.98. The van der Waals surface area contributed by atoms with Crippen molar-refractivity contribution in [1.29, 1.82) is 0 Å². The van der Waals surface area contributed by atoms with Crippen molar-refractivity contribution in [2.75, 3.05) is 36.4 Å². The van der Waals surface area contributed by atoms with E-state index < -0.39 is 10.0 Å². The molecule has 11 heteroatoms. The molecule has 2 heterocycles. The number of carbonyl (C=O) groups is 1. The Bertz CT molecular complexity index is 1250. The van der Waals surface area contributed by atoms with Gasteiger partial charge in [-0.15, -0.1) is 10.2 Å². The Morgan fingerprint density at radius 1 is 1.03 bits per heavy atom. The zero-order valence-electron chi connectivity index (χ0n) is 17.6. The molecule has 0 unspecified atom stereocenters. The van der Waals surface area contributed by atoms with Gasteiger partial charge in [-0.1, -0.05) is 47.2 Å². The molecule has 0 saturated carbocycles. The smallest absolute Gasteiger partial charge is 0.272 e. The first kappa shape index (κ1) is 22.7. The third-order valence-electron chi connectivity index (χ3n) is 5.33. The average Bonchev–Trinajstić information content (AvgIpc) is 3.25. The minimum absolute atomic E-state index is 0.134. The van der Waals surface area contributed by atoms with Crippen LogP contribution in [0.3, 0.4) is 0 Å². The van der Waals surface area contributed by atoms with Crippen molar-refractivity contribution in [2.45, 2.75) is 18.2 Å². The monoisotopic (exact) mass is 491 g/mol. The molecular weight excluding hydrogens is 470 g/mol. The Morgan fingerprint density at radius 3 is 2.47 bits per heavy atom. The summed E-state index contributed by atoms with van der Waals surface area (Å²) in [6.45, 7) is 5.54. The Balaban J connectivity index is 1.43. The summed E-state index contributed by atoms with van der Waals surface area (Å²) in [4.78, 5) is 14.6. The maximum absolute atomic E-state index is 13.1. The van der Waals surface area contributed by atoms with E-state index in [1.807, 2.05) is 44.2 Å². The molecule has 4 rings (SSSR count). The minimum Gasteiger partial charge on any atom is -0.369 e. The number of aryl methyl sites for hydroxylation is 2. The molecule has 0 bridgehead atoms. The maximum Gasteiger partial charge on any atom is 0.272 e. The Morgan fingerprint density at radius 2 is 1.75 bits per heavy atom. The maximum atomic E-state index is 13.1. The lowest BCUT2D eigenvalue weighted by atomic mass is 10.1. The normalized spacial score (nSPS) is 15.0. The fourth-order valence-corrected chi connectivity index (χ4v) is 6.18. The van der Waals surface area contributed by atoms with E-state index in [9.17, 15) is 13.2 Å². The Kier molecular flexibility index (Phi) is 6.47. The lowest BCUT2D eigenvalue weighted by Crippen LogP contribution is -2.48. The number of nitrogens with one attached hydrogen (secondary N) is 1. The molecule has 32 heavy (non-hydrogen) atoms. The quantitative estimate of drug-likeness (QED) is 0.548. The van der Waals surface area contributed by atoms with Gasteiger partial charge in [-0.3, -0.25) is 10.1 Å². The van der Waals surface area contributed by atoms with E-state index in [1.165, 1.54) is 4.31 Å². The lowest BCUT2D eigenvalue weighted by molar-refractivity contribution is 0.102. The van der Waals surface area contributed by atoms with Gasteiger partial charge in [-0.2, -0.15) is 4.31 Å². The number of amides is 1. The number of nitrogens with zero attached hydrogens (tertiary/aromatic N) is 4. The fraction of sp³-hybridized carbons (Fsp3) is 0.286. The predicted octanol–water partition coefficient (Wildman–Crippen LogP) is 3.57. The molecule has 1 aliphatic rings. The van der Waals surface area contributed by atoms with Gasteiger partial charge >= 0.3 is 0 Å². The number of aromatic nitrogens is 2. The zero-order valence-corrected chi connectivity index (χ0v) is 20.0. The van der Waals surface area contributed by atoms with Gasteiger partial charge in [0.25, 0.3) is 15.9 Å². The van der Waals surface area contributed by atoms with Crippen LogP contribution in [0.1, 0.15) is 21.5 Å². The second-order valence-corrected chi connectivity index (χ2v) is 11.0. The van der Waals surface area contributed by atoms with Gasteiger partial charge in [0.2, 0.25) is 9.47 Å². The number of piperazine rings is 1. The van der Waals surface area contributed by atoms with Gasteiger partial charge in [0.15, 0.2) is 0 Å². The minimum atomic E-state index is -3.80. The van der Waals surface area contributed by atoms with Crippen molar-refractivity contribution < 1.29 is 13.2 Å². The molecule has 2 aromatic carbocycles. The van der Waals surface area contributed by atoms with Crippen molar-refractivity contribution in [3.63, 3.8) is 0 Å². The number of hydrogen-bond acceptors (Lipinski definition) is 7. The van der Waals surface area contributed by atoms with Crippen molar-refractivity contribution in [1.82, 2.24) is 14.5 Å². The Hall–Kier alpha value is -2.53. The second kappa shape index (κ2) is 9.14. The van der Waals surface area contributed by atoms with Crippen molar-refractivity contribution >= 4 is 49.7 Å². The third-order valence-corrected chi connectivity index (χ3v) is 8.65. The van der Waals surface area contributed by atoms with Gasteiger partial charge < -0.3 is 4.90 Å². The van der Waals surface area contributed by atoms with E-state index in [2.05, 4.69) is 20.4 Å². The van der Waals surface area contributed by atoms with Crippen LogP contribution >= 0.6 is 22.9 Å². The summed E-state index contributed by atoms with van der Waals surface area (Å²) in [5.41, 5.74) is 3.41. The summed E-state index contributed by atoms with van der Waals surface area (Å²) in [5, 5.41) is 11.1. The van der Waals surface area contributed by atoms with E-state index >= 15 is 0 Å². The van der Waals surface area contributed by atoms with Crippen molar-refractivity contribution in [3.05, 3.63) is 64.2 Å². The van der Waals surface area contributed by atoms with Gasteiger partial charge in [0.05, 0.1) is 0 Å². The molecule has 0 aliphatic carbocycles. The Labute approximate surface area is 195 Å². The van der Waals surface area contributed by atoms with Crippen LogP contribution in [0.5, 0.6) is 0 Å². The van der Waals surface area contributed by atoms with E-state index in [-0.39, 0.29) is 15.4 Å². The van der Waals surface area contributed by atoms with Gasteiger partial charge in [0.1, 0.15) is 0 Å². The van der Waals surface area contributed by atoms with Crippen LogP contribution < -0.4 is 10.2 Å². The average molecular weight is 492 g/mol. The van der Waals surface area contributed by atoms with Crippen LogP contribution in [-0.2, 0) is 10.0 Å². The fourth-order valence-electron chi connectivity index (χ4n) is 3.56. The van der Waals surface area contributed by atoms with Gasteiger partial charge in [-0.05, 0) is 43.2 Å². The molecule has 0 radical (unpaired) electrons. The number of carbonyl (C=O) groups excluding carboxylic acids is 1. The number of benzene rings is 2. The molecule has 1 aliphatic heterocycles. The van der Waals surface area contributed by atoms with Crippen molar-refractivity contribution in [3.8, 4) is 0 Å². The van der Waals surface area contributed by atoms with Crippen LogP contribution in [0.25, 0.3) is 0 Å². The summed E-state index contributed by atoms with van der Waals surface area (Å²) in [5.74, 6) is -0.353. The molecule has 168 valence electrons. The van der Waals surface area contributed by atoms with Crippen molar-refractivity contribution in [2.24, 2.45) is 0 Å². The van der Waals surface area contributed by atoms with Crippen LogP contribution in [-0.4, -0.2) is 55.0 Å². The molecule has 8 nitrogen and oxygen atoms in total. The SMILES string of the molecule is Cc1ccccc1C(=O)Nc1nnc(S(=O)(=O)N2CCN(c3cc(Cl)ccc3C)CC2)s1. The first-order chi connectivity index (χ1) is 15.3. The molecule has 1 aromatic heterocycles. The number of halogens is 1. The van der Waals surface area contributed by atoms with Crippen LogP contribution in [0.15, 0.2) is 46.8 Å². The van der Waals surface area contributed by atoms with Crippen LogP contribution in [0, 0.1) is 13.8 Å². The summed E-state index contributed by atoms with van der Waals surface area (Å²) in [6.07, 6.45) is 0. The largest absolute Gasteiger partial charge is 0.369 e. The summed E-state index contributed by atoms with van der Waals surface area (Å²) in [7, 11) is -3.80. The first-order valence-electron chi connectivity index (χ1n) is 9.97. The topological polar surface area (TPSA) is 95.5 Å². The first-order valence-corrected chi connectivity index (χ1v) is 12.6. The molecule has 1 N–H and O–H groups in total. The second-order valence-electron chi connectivity index (χ2n) is 7.46. The molecule has 1 saturated heterocycles. The highest BCUT2D eigenvalue weighted by molar-refractivity contribution is 7.91. The number of rotatable bonds is 5. The number of sulfonamides is 1. The third kappa shape index (κ3) is 4.63. The summed E-state index contributed by atoms with van der Waals surface area (Å²) in [6, 6.07) is 12.8. The van der Waals surface area contributed by atoms with Crippen LogP contribution in [0.4, 0.5) is 10.8 Å². The molecule has 0 atom stereocenters. The molecule has 1 amide bonds. The number of hydrogen-bond donors (Lipinski definition) is 1. The lowest BCUT2D eigenvalue weighted by Gasteiger charge is -2.35. The van der Waals surface area contributed by atoms with Gasteiger partial charge in [-0.25, -0.2) is 8.42 Å². The van der Waals surface area contributed by atoms with E-state index in [4.69, 9.17) is 11.6 Å². The standard InChI is InChI=1S/C21H22ClN5O3S2/c1-14-5-3-4-6-17(14)19(28)23-20-24-25-21(31-20)32(29,30)27-11-9-26(10-12-27)18-13-16(22)8-7-15(18)2/h3-8,13H,9-12H2,1-2H3,(H,23,24,28). The van der Waals surface area contributed by atoms with E-state index in [0.717, 1.165) is 28.2 Å². The highest BCUT2D eigenvalue weighted by Crippen LogP contribution is 2.28. The molecule has 3 aromatic rings. The molecule has 1 fully saturated rings. The van der Waals surface area contributed by atoms with Gasteiger partial charge in [0, 0.05) is 42.5 Å². The molecular formula is C21H22ClN5O3S2. The number of anilines is 2. The molecule has 0 spiro atoms. The predicted molar refractivity (Wildman–Crippen MR) is 126 cm³/mol. The van der Waals surface area contributed by atoms with Crippen LogP contribution in [0.2, 0.25) is 5.02 Å². The zero-order chi connectivity index (χ0) is 22.9. The summed E-state index contributed by atoms with van der Waals surface area (Å²) < 4.78 is 27.4. The highest BCUT2D eigenvalue weighted by atomic mass is 35.5. The highest BCUT2D eigenvalue weighted by Gasteiger charge is 2.32. The van der Waals surface area contributed by atoms with E-state index in [0.29, 0.717) is 36.8 Å².